The van der Waals surface area contributed by atoms with Crippen molar-refractivity contribution in [1.82, 2.24) is 10.1 Å². The van der Waals surface area contributed by atoms with E-state index >= 15 is 0 Å². The summed E-state index contributed by atoms with van der Waals surface area (Å²) in [7, 11) is 0. The summed E-state index contributed by atoms with van der Waals surface area (Å²) in [6.45, 7) is 0. The maximum atomic E-state index is 5.84. The largest absolute Gasteiger partial charge is 0.383 e. The molecular formula is C10H7N3OS. The van der Waals surface area contributed by atoms with Crippen LogP contribution in [-0.4, -0.2) is 10.1 Å². The molecular weight excluding hydrogens is 210 g/mol. The predicted octanol–water partition coefficient (Wildman–Crippen LogP) is 2.53. The number of nitrogens with two attached hydrogens (primary N) is 1. The third-order valence-electron chi connectivity index (χ3n) is 2.23. The zero-order valence-corrected chi connectivity index (χ0v) is 8.49. The van der Waals surface area contributed by atoms with Crippen molar-refractivity contribution < 1.29 is 4.52 Å². The SMILES string of the molecule is Nc1nccc2scc(-c3ccon3)c12. The summed E-state index contributed by atoms with van der Waals surface area (Å²) < 4.78 is 5.93. The van der Waals surface area contributed by atoms with Crippen LogP contribution >= 0.6 is 11.3 Å². The molecule has 3 aromatic heterocycles. The molecule has 15 heavy (non-hydrogen) atoms. The van der Waals surface area contributed by atoms with E-state index in [1.165, 1.54) is 0 Å². The molecule has 0 aliphatic carbocycles. The molecule has 3 rings (SSSR count). The van der Waals surface area contributed by atoms with Crippen molar-refractivity contribution in [2.75, 3.05) is 5.73 Å². The average Bonchev–Trinajstić information content (AvgIpc) is 2.85. The molecule has 0 spiro atoms. The van der Waals surface area contributed by atoms with Gasteiger partial charge in [-0.15, -0.1) is 11.3 Å². The quantitative estimate of drug-likeness (QED) is 0.680. The van der Waals surface area contributed by atoms with Gasteiger partial charge in [-0.1, -0.05) is 5.16 Å². The van der Waals surface area contributed by atoms with Crippen molar-refractivity contribution >= 4 is 27.2 Å². The van der Waals surface area contributed by atoms with Gasteiger partial charge in [-0.05, 0) is 6.07 Å². The summed E-state index contributed by atoms with van der Waals surface area (Å²) in [6, 6.07) is 3.76. The lowest BCUT2D eigenvalue weighted by Gasteiger charge is -1.96. The molecule has 5 heteroatoms. The number of nitrogen functional groups attached to an aromatic ring is 1. The molecule has 2 N–H and O–H groups in total. The first-order valence-corrected chi connectivity index (χ1v) is 5.26. The summed E-state index contributed by atoms with van der Waals surface area (Å²) in [6.07, 6.45) is 3.26. The van der Waals surface area contributed by atoms with E-state index in [1.54, 1.807) is 23.8 Å². The van der Waals surface area contributed by atoms with Crippen LogP contribution in [-0.2, 0) is 0 Å². The molecule has 0 atom stereocenters. The molecule has 74 valence electrons. The fourth-order valence-corrected chi connectivity index (χ4v) is 2.50. The van der Waals surface area contributed by atoms with Crippen LogP contribution in [0.15, 0.2) is 34.5 Å². The number of pyridine rings is 1. The normalized spacial score (nSPS) is 10.9. The number of anilines is 1. The Labute approximate surface area is 89.3 Å². The topological polar surface area (TPSA) is 64.9 Å². The summed E-state index contributed by atoms with van der Waals surface area (Å²) >= 11 is 1.62. The fourth-order valence-electron chi connectivity index (χ4n) is 1.55. The number of hydrogen-bond acceptors (Lipinski definition) is 5. The van der Waals surface area contributed by atoms with Crippen molar-refractivity contribution in [1.29, 1.82) is 0 Å². The first-order valence-electron chi connectivity index (χ1n) is 4.38. The van der Waals surface area contributed by atoms with Gasteiger partial charge in [0.15, 0.2) is 0 Å². The third-order valence-corrected chi connectivity index (χ3v) is 3.18. The van der Waals surface area contributed by atoms with E-state index in [1.807, 2.05) is 17.5 Å². The lowest BCUT2D eigenvalue weighted by Crippen LogP contribution is -1.89. The smallest absolute Gasteiger partial charge is 0.132 e. The van der Waals surface area contributed by atoms with Crippen molar-refractivity contribution in [2.45, 2.75) is 0 Å². The Morgan fingerprint density at radius 1 is 1.33 bits per heavy atom. The van der Waals surface area contributed by atoms with E-state index in [9.17, 15) is 0 Å². The van der Waals surface area contributed by atoms with Crippen LogP contribution in [0.1, 0.15) is 0 Å². The van der Waals surface area contributed by atoms with Gasteiger partial charge in [0, 0.05) is 33.3 Å². The minimum atomic E-state index is 0.534. The first kappa shape index (κ1) is 8.43. The molecule has 0 aliphatic heterocycles. The zero-order chi connectivity index (χ0) is 10.3. The van der Waals surface area contributed by atoms with Gasteiger partial charge in [0.2, 0.25) is 0 Å². The van der Waals surface area contributed by atoms with Gasteiger partial charge in [-0.2, -0.15) is 0 Å². The summed E-state index contributed by atoms with van der Waals surface area (Å²) in [5.74, 6) is 0.534. The van der Waals surface area contributed by atoms with Crippen molar-refractivity contribution in [3.8, 4) is 11.3 Å². The zero-order valence-electron chi connectivity index (χ0n) is 7.68. The van der Waals surface area contributed by atoms with Crippen LogP contribution in [0.4, 0.5) is 5.82 Å². The van der Waals surface area contributed by atoms with E-state index in [0.717, 1.165) is 21.3 Å². The monoisotopic (exact) mass is 217 g/mol. The minimum Gasteiger partial charge on any atom is -0.383 e. The van der Waals surface area contributed by atoms with Crippen LogP contribution in [0.5, 0.6) is 0 Å². The first-order chi connectivity index (χ1) is 7.36. The standard InChI is InChI=1S/C10H7N3OS/c11-10-9-6(7-2-4-14-13-7)5-15-8(9)1-3-12-10/h1-5H,(H2,11,12). The highest BCUT2D eigenvalue weighted by atomic mass is 32.1. The number of thiophene rings is 1. The van der Waals surface area contributed by atoms with Crippen molar-refractivity contribution in [3.63, 3.8) is 0 Å². The highest BCUT2D eigenvalue weighted by Crippen LogP contribution is 2.35. The van der Waals surface area contributed by atoms with E-state index in [2.05, 4.69) is 10.1 Å². The number of aromatic nitrogens is 2. The van der Waals surface area contributed by atoms with Crippen LogP contribution in [0.2, 0.25) is 0 Å². The molecule has 0 radical (unpaired) electrons. The minimum absolute atomic E-state index is 0.534. The predicted molar refractivity (Wildman–Crippen MR) is 59.5 cm³/mol. The highest BCUT2D eigenvalue weighted by molar-refractivity contribution is 7.17. The van der Waals surface area contributed by atoms with Gasteiger partial charge < -0.3 is 10.3 Å². The van der Waals surface area contributed by atoms with Gasteiger partial charge in [-0.25, -0.2) is 4.98 Å². The van der Waals surface area contributed by atoms with Crippen molar-refractivity contribution in [2.24, 2.45) is 0 Å². The molecule has 0 aliphatic rings. The van der Waals surface area contributed by atoms with Gasteiger partial charge in [0.25, 0.3) is 0 Å². The second kappa shape index (κ2) is 3.06. The molecule has 4 nitrogen and oxygen atoms in total. The Morgan fingerprint density at radius 3 is 3.07 bits per heavy atom. The molecule has 0 amide bonds. The molecule has 0 saturated carbocycles. The Kier molecular flexibility index (Phi) is 1.72. The molecule has 3 heterocycles. The summed E-state index contributed by atoms with van der Waals surface area (Å²) in [5.41, 5.74) is 7.62. The molecule has 0 unspecified atom stereocenters. The number of fused-ring (bicyclic) bond motifs is 1. The number of rotatable bonds is 1. The Hall–Kier alpha value is -1.88. The molecule has 3 aromatic rings. The second-order valence-corrected chi connectivity index (χ2v) is 4.01. The van der Waals surface area contributed by atoms with E-state index < -0.39 is 0 Å². The third kappa shape index (κ3) is 1.20. The second-order valence-electron chi connectivity index (χ2n) is 3.10. The molecule has 0 fully saturated rings. The van der Waals surface area contributed by atoms with E-state index in [-0.39, 0.29) is 0 Å². The maximum Gasteiger partial charge on any atom is 0.132 e. The molecule has 0 saturated heterocycles. The average molecular weight is 217 g/mol. The Morgan fingerprint density at radius 2 is 2.27 bits per heavy atom. The van der Waals surface area contributed by atoms with Gasteiger partial charge in [0.1, 0.15) is 17.8 Å². The van der Waals surface area contributed by atoms with Gasteiger partial charge in [-0.3, -0.25) is 0 Å². The summed E-state index contributed by atoms with van der Waals surface area (Å²) in [4.78, 5) is 4.08. The lowest BCUT2D eigenvalue weighted by molar-refractivity contribution is 0.422. The van der Waals surface area contributed by atoms with Crippen LogP contribution < -0.4 is 5.73 Å². The van der Waals surface area contributed by atoms with Crippen LogP contribution in [0.25, 0.3) is 21.3 Å². The van der Waals surface area contributed by atoms with Crippen molar-refractivity contribution in [3.05, 3.63) is 30.0 Å². The Bertz CT molecular complexity index is 600. The fraction of sp³-hybridized carbons (Fsp3) is 0. The van der Waals surface area contributed by atoms with Gasteiger partial charge in [0.05, 0.1) is 0 Å². The highest BCUT2D eigenvalue weighted by Gasteiger charge is 2.11. The van der Waals surface area contributed by atoms with Crippen LogP contribution in [0.3, 0.4) is 0 Å². The lowest BCUT2D eigenvalue weighted by atomic mass is 10.1. The molecule has 0 aromatic carbocycles. The Balaban J connectivity index is 2.37. The van der Waals surface area contributed by atoms with Gasteiger partial charge >= 0.3 is 0 Å². The number of hydrogen-bond donors (Lipinski definition) is 1. The summed E-state index contributed by atoms with van der Waals surface area (Å²) in [5, 5.41) is 6.87. The van der Waals surface area contributed by atoms with E-state index in [4.69, 9.17) is 10.3 Å². The number of nitrogens with zero attached hydrogens (tertiary/aromatic N) is 2. The van der Waals surface area contributed by atoms with Crippen LogP contribution in [0, 0.1) is 0 Å². The molecule has 0 bridgehead atoms. The van der Waals surface area contributed by atoms with E-state index in [0.29, 0.717) is 5.82 Å². The maximum absolute atomic E-state index is 5.84.